The van der Waals surface area contributed by atoms with Crippen molar-refractivity contribution in [3.05, 3.63) is 97.1 Å². The Balaban J connectivity index is 1.33. The summed E-state index contributed by atoms with van der Waals surface area (Å²) in [5.41, 5.74) is 5.20. The number of nitrogens with zero attached hydrogens (tertiary/aromatic N) is 1. The molecule has 3 aromatic rings. The van der Waals surface area contributed by atoms with E-state index in [4.69, 9.17) is 42.1 Å². The van der Waals surface area contributed by atoms with Crippen LogP contribution in [-0.4, -0.2) is 44.4 Å². The minimum absolute atomic E-state index is 0.180. The summed E-state index contributed by atoms with van der Waals surface area (Å²) in [6.07, 6.45) is 1.48. The number of hydrogen-bond donors (Lipinski definition) is 3. The highest BCUT2D eigenvalue weighted by Crippen LogP contribution is 2.35. The topological polar surface area (TPSA) is 137 Å². The molecule has 0 aromatic heterocycles. The van der Waals surface area contributed by atoms with Crippen LogP contribution in [0.3, 0.4) is 0 Å². The van der Waals surface area contributed by atoms with Crippen LogP contribution in [0.2, 0.25) is 10.0 Å². The third-order valence-electron chi connectivity index (χ3n) is 6.38. The molecule has 14 heteroatoms. The van der Waals surface area contributed by atoms with E-state index in [-0.39, 0.29) is 24.5 Å². The number of ether oxygens (including phenoxy) is 4. The van der Waals surface area contributed by atoms with E-state index in [1.54, 1.807) is 62.4 Å². The summed E-state index contributed by atoms with van der Waals surface area (Å²) >= 11 is 15.5. The van der Waals surface area contributed by atoms with Crippen LogP contribution >= 0.6 is 39.1 Å². The lowest BCUT2D eigenvalue weighted by molar-refractivity contribution is -0.139. The first kappa shape index (κ1) is 33.6. The molecule has 45 heavy (non-hydrogen) atoms. The number of halogens is 3. The smallest absolute Gasteiger partial charge is 0.338 e. The Labute approximate surface area is 278 Å². The molecule has 0 spiro atoms. The van der Waals surface area contributed by atoms with Crippen LogP contribution in [0.5, 0.6) is 17.2 Å². The molecule has 3 aromatic carbocycles. The highest BCUT2D eigenvalue weighted by Gasteiger charge is 2.32. The van der Waals surface area contributed by atoms with Gasteiger partial charge in [-0.2, -0.15) is 5.10 Å². The molecule has 1 aliphatic rings. The van der Waals surface area contributed by atoms with Crippen molar-refractivity contribution in [3.8, 4) is 17.2 Å². The average molecular weight is 720 g/mol. The van der Waals surface area contributed by atoms with E-state index < -0.39 is 23.9 Å². The fourth-order valence-corrected chi connectivity index (χ4v) is 5.10. The highest BCUT2D eigenvalue weighted by molar-refractivity contribution is 9.10. The van der Waals surface area contributed by atoms with Crippen molar-refractivity contribution in [1.29, 1.82) is 0 Å². The fraction of sp³-hybridized carbons (Fsp3) is 0.226. The Hall–Kier alpha value is -4.26. The van der Waals surface area contributed by atoms with E-state index >= 15 is 0 Å². The molecule has 1 heterocycles. The summed E-state index contributed by atoms with van der Waals surface area (Å²) < 4.78 is 22.8. The lowest BCUT2D eigenvalue weighted by Crippen LogP contribution is -2.45. The van der Waals surface area contributed by atoms with E-state index in [9.17, 15) is 14.4 Å². The zero-order chi connectivity index (χ0) is 32.5. The summed E-state index contributed by atoms with van der Waals surface area (Å²) in [4.78, 5) is 37.2. The molecule has 0 bridgehead atoms. The molecular formula is C31H29BrCl2N4O7. The molecule has 0 fully saturated rings. The molecule has 4 rings (SSSR count). The van der Waals surface area contributed by atoms with Gasteiger partial charge in [-0.3, -0.25) is 4.79 Å². The van der Waals surface area contributed by atoms with Gasteiger partial charge in [0.05, 0.1) is 46.1 Å². The van der Waals surface area contributed by atoms with Crippen LogP contribution in [0.25, 0.3) is 0 Å². The van der Waals surface area contributed by atoms with E-state index in [1.807, 2.05) is 6.07 Å². The van der Waals surface area contributed by atoms with Crippen LogP contribution in [0.1, 0.15) is 36.6 Å². The highest BCUT2D eigenvalue weighted by atomic mass is 79.9. The zero-order valence-electron chi connectivity index (χ0n) is 24.4. The molecule has 236 valence electrons. The number of hydrazone groups is 1. The van der Waals surface area contributed by atoms with E-state index in [1.165, 1.54) is 13.3 Å². The number of carbonyl (C=O) groups is 3. The molecule has 3 amide bonds. The molecule has 0 unspecified atom stereocenters. The predicted octanol–water partition coefficient (Wildman–Crippen LogP) is 6.06. The van der Waals surface area contributed by atoms with Crippen molar-refractivity contribution in [2.75, 3.05) is 20.3 Å². The van der Waals surface area contributed by atoms with Gasteiger partial charge in [-0.05, 0) is 88.9 Å². The van der Waals surface area contributed by atoms with Crippen LogP contribution in [0, 0.1) is 0 Å². The van der Waals surface area contributed by atoms with Crippen LogP contribution in [0.4, 0.5) is 4.79 Å². The lowest BCUT2D eigenvalue weighted by Gasteiger charge is -2.28. The molecule has 3 N–H and O–H groups in total. The van der Waals surface area contributed by atoms with Gasteiger partial charge in [0.15, 0.2) is 18.1 Å². The lowest BCUT2D eigenvalue weighted by atomic mass is 9.95. The van der Waals surface area contributed by atoms with Gasteiger partial charge in [-0.1, -0.05) is 35.3 Å². The van der Waals surface area contributed by atoms with Crippen molar-refractivity contribution in [3.63, 3.8) is 0 Å². The van der Waals surface area contributed by atoms with Crippen molar-refractivity contribution >= 4 is 63.3 Å². The van der Waals surface area contributed by atoms with Crippen LogP contribution < -0.4 is 30.3 Å². The number of hydrogen-bond acceptors (Lipinski definition) is 8. The second-order valence-electron chi connectivity index (χ2n) is 9.51. The van der Waals surface area contributed by atoms with Gasteiger partial charge >= 0.3 is 12.0 Å². The third-order valence-corrected chi connectivity index (χ3v) is 7.74. The number of allylic oxidation sites excluding steroid dienone is 1. The maximum absolute atomic E-state index is 12.6. The largest absolute Gasteiger partial charge is 0.493 e. The van der Waals surface area contributed by atoms with E-state index in [0.717, 1.165) is 5.56 Å². The number of methoxy groups -OCH3 is 1. The number of benzene rings is 3. The van der Waals surface area contributed by atoms with E-state index in [0.29, 0.717) is 49.4 Å². The molecule has 0 aliphatic carbocycles. The summed E-state index contributed by atoms with van der Waals surface area (Å²) in [5, 5.41) is 10.2. The van der Waals surface area contributed by atoms with Gasteiger partial charge in [0.25, 0.3) is 5.91 Å². The SMILES string of the molecule is CCOC(=O)C1=C(C)NC(=O)N[C@@H]1c1ccc(OCC(=O)N/N=C\c2ccc(OCc3ccc(Cl)c(Cl)c3)c(Br)c2)c(OC)c1. The number of esters is 1. The van der Waals surface area contributed by atoms with Gasteiger partial charge in [0.2, 0.25) is 0 Å². The molecule has 1 aliphatic heterocycles. The normalized spacial score (nSPS) is 14.4. The van der Waals surface area contributed by atoms with Crippen molar-refractivity contribution in [2.45, 2.75) is 26.5 Å². The second-order valence-corrected chi connectivity index (χ2v) is 11.2. The van der Waals surface area contributed by atoms with E-state index in [2.05, 4.69) is 37.1 Å². The fourth-order valence-electron chi connectivity index (χ4n) is 4.27. The first-order valence-corrected chi connectivity index (χ1v) is 15.1. The van der Waals surface area contributed by atoms with Crippen LogP contribution in [0.15, 0.2) is 75.4 Å². The number of rotatable bonds is 12. The monoisotopic (exact) mass is 718 g/mol. The van der Waals surface area contributed by atoms with Crippen LogP contribution in [-0.2, 0) is 20.9 Å². The van der Waals surface area contributed by atoms with Crippen molar-refractivity contribution < 1.29 is 33.3 Å². The molecule has 1 atom stereocenters. The quantitative estimate of drug-likeness (QED) is 0.118. The third kappa shape index (κ3) is 8.90. The van der Waals surface area contributed by atoms with Gasteiger partial charge < -0.3 is 29.6 Å². The van der Waals surface area contributed by atoms with Gasteiger partial charge in [-0.15, -0.1) is 0 Å². The molecule has 0 radical (unpaired) electrons. The number of amides is 3. The first-order chi connectivity index (χ1) is 21.6. The second kappa shape index (κ2) is 15.6. The first-order valence-electron chi connectivity index (χ1n) is 13.5. The Bertz CT molecular complexity index is 1660. The molecule has 11 nitrogen and oxygen atoms in total. The molecule has 0 saturated carbocycles. The number of carbonyl (C=O) groups excluding carboxylic acids is 3. The Morgan fingerprint density at radius 3 is 2.51 bits per heavy atom. The minimum Gasteiger partial charge on any atom is -0.493 e. The van der Waals surface area contributed by atoms with Gasteiger partial charge in [0, 0.05) is 5.70 Å². The molecular weight excluding hydrogens is 691 g/mol. The maximum Gasteiger partial charge on any atom is 0.338 e. The minimum atomic E-state index is -0.776. The Morgan fingerprint density at radius 2 is 1.80 bits per heavy atom. The maximum atomic E-state index is 12.6. The van der Waals surface area contributed by atoms with Crippen molar-refractivity contribution in [2.24, 2.45) is 5.10 Å². The average Bonchev–Trinajstić information content (AvgIpc) is 3.00. The number of urea groups is 1. The Morgan fingerprint density at radius 1 is 1.02 bits per heavy atom. The zero-order valence-corrected chi connectivity index (χ0v) is 27.5. The summed E-state index contributed by atoms with van der Waals surface area (Å²) in [6, 6.07) is 14.2. The summed E-state index contributed by atoms with van der Waals surface area (Å²) in [7, 11) is 1.44. The van der Waals surface area contributed by atoms with Gasteiger partial charge in [0.1, 0.15) is 12.4 Å². The van der Waals surface area contributed by atoms with Gasteiger partial charge in [-0.25, -0.2) is 15.0 Å². The predicted molar refractivity (Wildman–Crippen MR) is 173 cm³/mol. The summed E-state index contributed by atoms with van der Waals surface area (Å²) in [5.74, 6) is 0.122. The number of nitrogens with one attached hydrogen (secondary N) is 3. The Kier molecular flexibility index (Phi) is 11.7. The van der Waals surface area contributed by atoms with Crippen molar-refractivity contribution in [1.82, 2.24) is 16.1 Å². The molecule has 0 saturated heterocycles. The standard InChI is InChI=1S/C31H29BrCl2N4O7/c1-4-43-30(40)28-17(2)36-31(41)37-29(28)20-7-10-25(26(13-20)42-3)45-16-27(39)38-35-14-18-6-9-24(21(32)11-18)44-15-19-5-8-22(33)23(34)12-19/h5-14,29H,4,15-16H2,1-3H3,(H,38,39)(H2,36,37,41)/b35-14-/t29-/m1/s1. The summed E-state index contributed by atoms with van der Waals surface area (Å²) in [6.45, 7) is 3.45.